The molecule has 31 heavy (non-hydrogen) atoms. The van der Waals surface area contributed by atoms with Gasteiger partial charge in [-0.3, -0.25) is 4.90 Å². The smallest absolute Gasteiger partial charge is 0.338 e. The standard InChI is InChI=1S/C23H20N4O3S/c1-3-30-22(28)18-19(14-8-5-4-6-9-14)26-23-27(21(25)17(13-24)31-23)20(18)15-10-7-11-16(12-15)29-2/h4-12,20H,3,25H2,1-2H3/t20-/m0/s1. The Bertz CT molecular complexity index is 1160. The molecule has 2 aromatic rings. The average molecular weight is 433 g/mol. The first-order valence-corrected chi connectivity index (χ1v) is 10.5. The van der Waals surface area contributed by atoms with Gasteiger partial charge in [-0.1, -0.05) is 42.5 Å². The number of hydrogen-bond donors (Lipinski definition) is 1. The number of nitrogens with zero attached hydrogens (tertiary/aromatic N) is 3. The second-order valence-electron chi connectivity index (χ2n) is 6.72. The summed E-state index contributed by atoms with van der Waals surface area (Å²) in [7, 11) is 1.58. The van der Waals surface area contributed by atoms with Gasteiger partial charge in [-0.15, -0.1) is 0 Å². The van der Waals surface area contributed by atoms with Crippen molar-refractivity contribution in [1.82, 2.24) is 4.90 Å². The van der Waals surface area contributed by atoms with Gasteiger partial charge in [-0.25, -0.2) is 9.79 Å². The van der Waals surface area contributed by atoms with Crippen molar-refractivity contribution in [2.45, 2.75) is 13.0 Å². The van der Waals surface area contributed by atoms with E-state index in [2.05, 4.69) is 6.07 Å². The van der Waals surface area contributed by atoms with Gasteiger partial charge in [0.2, 0.25) is 0 Å². The first kappa shape index (κ1) is 20.6. The monoisotopic (exact) mass is 432 g/mol. The van der Waals surface area contributed by atoms with E-state index in [1.165, 1.54) is 11.8 Å². The Morgan fingerprint density at radius 3 is 2.71 bits per heavy atom. The van der Waals surface area contributed by atoms with Gasteiger partial charge in [0, 0.05) is 5.56 Å². The van der Waals surface area contributed by atoms with E-state index in [1.807, 2.05) is 54.6 Å². The highest BCUT2D eigenvalue weighted by Crippen LogP contribution is 2.47. The molecule has 2 aliphatic rings. The van der Waals surface area contributed by atoms with Crippen LogP contribution in [0.15, 0.2) is 75.9 Å². The predicted octanol–water partition coefficient (Wildman–Crippen LogP) is 3.78. The van der Waals surface area contributed by atoms with Crippen molar-refractivity contribution in [3.05, 3.63) is 82.0 Å². The van der Waals surface area contributed by atoms with E-state index in [-0.39, 0.29) is 12.4 Å². The Kier molecular flexibility index (Phi) is 5.69. The van der Waals surface area contributed by atoms with Crippen LogP contribution in [-0.2, 0) is 9.53 Å². The quantitative estimate of drug-likeness (QED) is 0.718. The number of carbonyl (C=O) groups excluding carboxylic acids is 1. The molecule has 2 aliphatic heterocycles. The zero-order valence-electron chi connectivity index (χ0n) is 17.0. The molecule has 0 amide bonds. The van der Waals surface area contributed by atoms with E-state index in [4.69, 9.17) is 20.2 Å². The molecule has 0 unspecified atom stereocenters. The van der Waals surface area contributed by atoms with Crippen LogP contribution in [0.4, 0.5) is 0 Å². The molecule has 0 spiro atoms. The highest BCUT2D eigenvalue weighted by Gasteiger charge is 2.43. The van der Waals surface area contributed by atoms with Crippen LogP contribution < -0.4 is 10.5 Å². The Labute approximate surface area is 184 Å². The molecular formula is C23H20N4O3S. The summed E-state index contributed by atoms with van der Waals surface area (Å²) in [5.41, 5.74) is 8.73. The van der Waals surface area contributed by atoms with Crippen LogP contribution >= 0.6 is 11.8 Å². The van der Waals surface area contributed by atoms with E-state index >= 15 is 0 Å². The second kappa shape index (κ2) is 8.58. The maximum atomic E-state index is 13.2. The van der Waals surface area contributed by atoms with Gasteiger partial charge in [-0.2, -0.15) is 5.26 Å². The van der Waals surface area contributed by atoms with Gasteiger partial charge < -0.3 is 15.2 Å². The fourth-order valence-corrected chi connectivity index (χ4v) is 4.46. The molecule has 2 N–H and O–H groups in total. The minimum absolute atomic E-state index is 0.218. The lowest BCUT2D eigenvalue weighted by Gasteiger charge is -2.35. The average Bonchev–Trinajstić information content (AvgIpc) is 3.13. The lowest BCUT2D eigenvalue weighted by atomic mass is 9.92. The highest BCUT2D eigenvalue weighted by atomic mass is 32.2. The lowest BCUT2D eigenvalue weighted by Crippen LogP contribution is -2.38. The zero-order chi connectivity index (χ0) is 22.0. The minimum Gasteiger partial charge on any atom is -0.497 e. The topological polar surface area (TPSA) is 101 Å². The number of benzene rings is 2. The number of amidine groups is 1. The fourth-order valence-electron chi connectivity index (χ4n) is 3.59. The number of methoxy groups -OCH3 is 1. The summed E-state index contributed by atoms with van der Waals surface area (Å²) in [5, 5.41) is 10.1. The van der Waals surface area contributed by atoms with Crippen molar-refractivity contribution < 1.29 is 14.3 Å². The molecule has 0 saturated heterocycles. The van der Waals surface area contributed by atoms with Crippen molar-refractivity contribution in [3.8, 4) is 11.8 Å². The molecule has 0 aliphatic carbocycles. The molecule has 0 saturated carbocycles. The van der Waals surface area contributed by atoms with E-state index < -0.39 is 12.0 Å². The summed E-state index contributed by atoms with van der Waals surface area (Å²) in [6.45, 7) is 1.97. The molecule has 0 fully saturated rings. The van der Waals surface area contributed by atoms with E-state index in [1.54, 1.807) is 18.9 Å². The number of allylic oxidation sites excluding steroid dienone is 1. The molecule has 156 valence electrons. The molecule has 0 aromatic heterocycles. The molecule has 1 atom stereocenters. The van der Waals surface area contributed by atoms with Gasteiger partial charge in [0.1, 0.15) is 22.5 Å². The van der Waals surface area contributed by atoms with Crippen molar-refractivity contribution in [2.75, 3.05) is 13.7 Å². The zero-order valence-corrected chi connectivity index (χ0v) is 17.8. The number of aliphatic imine (C=N–C) groups is 1. The Morgan fingerprint density at radius 1 is 1.26 bits per heavy atom. The first-order chi connectivity index (χ1) is 15.1. The van der Waals surface area contributed by atoms with E-state index in [9.17, 15) is 10.1 Å². The number of nitrogens with two attached hydrogens (primary N) is 1. The number of esters is 1. The molecule has 4 rings (SSSR count). The van der Waals surface area contributed by atoms with Crippen molar-refractivity contribution in [1.29, 1.82) is 5.26 Å². The Hall–Kier alpha value is -3.70. The maximum absolute atomic E-state index is 13.2. The predicted molar refractivity (Wildman–Crippen MR) is 119 cm³/mol. The van der Waals surface area contributed by atoms with Gasteiger partial charge in [0.25, 0.3) is 0 Å². The summed E-state index contributed by atoms with van der Waals surface area (Å²) < 4.78 is 10.8. The van der Waals surface area contributed by atoms with E-state index in [0.717, 1.165) is 11.1 Å². The number of fused-ring (bicyclic) bond motifs is 1. The molecule has 8 heteroatoms. The first-order valence-electron chi connectivity index (χ1n) is 9.65. The number of hydrogen-bond acceptors (Lipinski definition) is 8. The van der Waals surface area contributed by atoms with Crippen LogP contribution in [0.3, 0.4) is 0 Å². The van der Waals surface area contributed by atoms with Gasteiger partial charge in [-0.05, 0) is 36.4 Å². The number of carbonyl (C=O) groups is 1. The molecule has 0 radical (unpaired) electrons. The van der Waals surface area contributed by atoms with Crippen LogP contribution in [0.2, 0.25) is 0 Å². The molecule has 7 nitrogen and oxygen atoms in total. The van der Waals surface area contributed by atoms with Crippen LogP contribution in [0, 0.1) is 11.3 Å². The van der Waals surface area contributed by atoms with Crippen LogP contribution in [-0.4, -0.2) is 29.8 Å². The van der Waals surface area contributed by atoms with Crippen LogP contribution in [0.25, 0.3) is 5.70 Å². The third kappa shape index (κ3) is 3.64. The minimum atomic E-state index is -0.629. The molecule has 2 heterocycles. The normalized spacial score (nSPS) is 17.8. The number of thioether (sulfide) groups is 1. The van der Waals surface area contributed by atoms with Crippen LogP contribution in [0.5, 0.6) is 5.75 Å². The van der Waals surface area contributed by atoms with Gasteiger partial charge >= 0.3 is 5.97 Å². The summed E-state index contributed by atoms with van der Waals surface area (Å²) in [6.07, 6.45) is 0. The molecule has 0 bridgehead atoms. The third-order valence-corrected chi connectivity index (χ3v) is 5.91. The summed E-state index contributed by atoms with van der Waals surface area (Å²) in [4.78, 5) is 20.0. The third-order valence-electron chi connectivity index (χ3n) is 4.94. The summed E-state index contributed by atoms with van der Waals surface area (Å²) in [6, 6.07) is 18.3. The Morgan fingerprint density at radius 2 is 2.03 bits per heavy atom. The summed E-state index contributed by atoms with van der Waals surface area (Å²) in [5.74, 6) is 0.411. The van der Waals surface area contributed by atoms with Gasteiger partial charge in [0.15, 0.2) is 5.17 Å². The SMILES string of the molecule is CCOC(=O)C1=C(c2ccccc2)N=C2SC(C#N)=C(N)N2[C@H]1c1cccc(OC)c1. The van der Waals surface area contributed by atoms with Crippen LogP contribution in [0.1, 0.15) is 24.1 Å². The number of ether oxygens (including phenoxy) is 2. The Balaban J connectivity index is 2.00. The lowest BCUT2D eigenvalue weighted by molar-refractivity contribution is -0.139. The largest absolute Gasteiger partial charge is 0.497 e. The molecular weight excluding hydrogens is 412 g/mol. The van der Waals surface area contributed by atoms with Gasteiger partial charge in [0.05, 0.1) is 31.0 Å². The van der Waals surface area contributed by atoms with Crippen molar-refractivity contribution >= 4 is 28.6 Å². The number of nitriles is 1. The highest BCUT2D eigenvalue weighted by molar-refractivity contribution is 8.17. The summed E-state index contributed by atoms with van der Waals surface area (Å²) >= 11 is 1.19. The van der Waals surface area contributed by atoms with E-state index in [0.29, 0.717) is 27.1 Å². The molecule has 2 aromatic carbocycles. The second-order valence-corrected chi connectivity index (χ2v) is 7.70. The van der Waals surface area contributed by atoms with Crippen molar-refractivity contribution in [3.63, 3.8) is 0 Å². The number of rotatable bonds is 5. The maximum Gasteiger partial charge on any atom is 0.338 e. The van der Waals surface area contributed by atoms with Crippen molar-refractivity contribution in [2.24, 2.45) is 10.7 Å². The fraction of sp³-hybridized carbons (Fsp3) is 0.174.